The number of ether oxygens (including phenoxy) is 1. The molecule has 4 rings (SSSR count). The highest BCUT2D eigenvalue weighted by atomic mass is 32.2. The van der Waals surface area contributed by atoms with Gasteiger partial charge in [0.05, 0.1) is 23.7 Å². The van der Waals surface area contributed by atoms with Gasteiger partial charge in [-0.25, -0.2) is 4.98 Å². The zero-order chi connectivity index (χ0) is 24.9. The lowest BCUT2D eigenvalue weighted by Crippen LogP contribution is -2.30. The summed E-state index contributed by atoms with van der Waals surface area (Å²) in [5.41, 5.74) is 3.90. The summed E-state index contributed by atoms with van der Waals surface area (Å²) >= 11 is 1.50. The van der Waals surface area contributed by atoms with E-state index in [9.17, 15) is 9.59 Å². The van der Waals surface area contributed by atoms with Crippen LogP contribution in [0.25, 0.3) is 16.6 Å². The first-order valence-corrected chi connectivity index (χ1v) is 12.6. The first-order valence-electron chi connectivity index (χ1n) is 11.6. The number of nitrogens with zero attached hydrogens (tertiary/aromatic N) is 3. The lowest BCUT2D eigenvalue weighted by Gasteiger charge is -2.19. The van der Waals surface area contributed by atoms with Crippen LogP contribution in [0.1, 0.15) is 35.3 Å². The van der Waals surface area contributed by atoms with Crippen LogP contribution >= 0.6 is 11.8 Å². The van der Waals surface area contributed by atoms with E-state index in [1.165, 1.54) is 22.9 Å². The summed E-state index contributed by atoms with van der Waals surface area (Å²) in [4.78, 5) is 33.3. The van der Waals surface area contributed by atoms with Crippen LogP contribution in [-0.4, -0.2) is 40.6 Å². The predicted molar refractivity (Wildman–Crippen MR) is 142 cm³/mol. The van der Waals surface area contributed by atoms with Crippen molar-refractivity contribution in [2.24, 2.45) is 0 Å². The number of thioether (sulfide) groups is 1. The maximum absolute atomic E-state index is 13.7. The zero-order valence-electron chi connectivity index (χ0n) is 20.4. The Morgan fingerprint density at radius 3 is 2.51 bits per heavy atom. The SMILES string of the molecule is CCN(CC)C(=O)c1ccc2c(=O)n(-c3cccc(OC)c3)c(SCc3ccccc3C)nc2c1. The van der Waals surface area contributed by atoms with Crippen molar-refractivity contribution in [1.82, 2.24) is 14.5 Å². The molecule has 0 N–H and O–H groups in total. The minimum Gasteiger partial charge on any atom is -0.497 e. The van der Waals surface area contributed by atoms with Gasteiger partial charge in [0.25, 0.3) is 11.5 Å². The minimum absolute atomic E-state index is 0.0650. The van der Waals surface area contributed by atoms with Crippen LogP contribution in [-0.2, 0) is 5.75 Å². The van der Waals surface area contributed by atoms with E-state index in [2.05, 4.69) is 19.1 Å². The van der Waals surface area contributed by atoms with Gasteiger partial charge in [-0.1, -0.05) is 42.1 Å². The number of fused-ring (bicyclic) bond motifs is 1. The molecule has 0 aliphatic rings. The first-order chi connectivity index (χ1) is 17.0. The molecule has 3 aromatic carbocycles. The summed E-state index contributed by atoms with van der Waals surface area (Å²) < 4.78 is 7.01. The molecule has 4 aromatic rings. The molecule has 35 heavy (non-hydrogen) atoms. The maximum Gasteiger partial charge on any atom is 0.266 e. The Labute approximate surface area is 209 Å². The van der Waals surface area contributed by atoms with Crippen LogP contribution in [0.4, 0.5) is 0 Å². The monoisotopic (exact) mass is 487 g/mol. The molecule has 0 fully saturated rings. The molecular weight excluding hydrogens is 458 g/mol. The Balaban J connectivity index is 1.86. The van der Waals surface area contributed by atoms with Gasteiger partial charge in [-0.3, -0.25) is 14.2 Å². The van der Waals surface area contributed by atoms with Gasteiger partial charge in [0.15, 0.2) is 5.16 Å². The van der Waals surface area contributed by atoms with Gasteiger partial charge < -0.3 is 9.64 Å². The molecule has 0 saturated heterocycles. The normalized spacial score (nSPS) is 11.0. The Hall–Kier alpha value is -3.58. The number of carbonyl (C=O) groups excluding carboxylic acids is 1. The van der Waals surface area contributed by atoms with Crippen LogP contribution in [0.3, 0.4) is 0 Å². The fourth-order valence-electron chi connectivity index (χ4n) is 3.98. The van der Waals surface area contributed by atoms with E-state index in [4.69, 9.17) is 9.72 Å². The number of aromatic nitrogens is 2. The molecule has 0 bridgehead atoms. The van der Waals surface area contributed by atoms with E-state index in [1.54, 1.807) is 34.8 Å². The highest BCUT2D eigenvalue weighted by Gasteiger charge is 2.18. The zero-order valence-corrected chi connectivity index (χ0v) is 21.3. The third-order valence-corrected chi connectivity index (χ3v) is 7.05. The highest BCUT2D eigenvalue weighted by molar-refractivity contribution is 7.98. The van der Waals surface area contributed by atoms with Crippen molar-refractivity contribution >= 4 is 28.6 Å². The van der Waals surface area contributed by atoms with E-state index in [-0.39, 0.29) is 11.5 Å². The fraction of sp³-hybridized carbons (Fsp3) is 0.250. The summed E-state index contributed by atoms with van der Waals surface area (Å²) in [5.74, 6) is 1.25. The Morgan fingerprint density at radius 2 is 1.80 bits per heavy atom. The summed E-state index contributed by atoms with van der Waals surface area (Å²) in [5, 5.41) is 1.02. The molecule has 0 unspecified atom stereocenters. The maximum atomic E-state index is 13.7. The van der Waals surface area contributed by atoms with Crippen molar-refractivity contribution < 1.29 is 9.53 Å². The van der Waals surface area contributed by atoms with Crippen molar-refractivity contribution in [1.29, 1.82) is 0 Å². The minimum atomic E-state index is -0.183. The number of methoxy groups -OCH3 is 1. The van der Waals surface area contributed by atoms with E-state index >= 15 is 0 Å². The summed E-state index contributed by atoms with van der Waals surface area (Å²) in [7, 11) is 1.60. The smallest absolute Gasteiger partial charge is 0.266 e. The number of rotatable bonds is 8. The van der Waals surface area contributed by atoms with Gasteiger partial charge in [-0.15, -0.1) is 0 Å². The van der Waals surface area contributed by atoms with Crippen molar-refractivity contribution in [3.63, 3.8) is 0 Å². The molecule has 1 amide bonds. The van der Waals surface area contributed by atoms with Crippen LogP contribution in [0, 0.1) is 6.92 Å². The van der Waals surface area contributed by atoms with Gasteiger partial charge in [0.2, 0.25) is 0 Å². The van der Waals surface area contributed by atoms with Gasteiger partial charge in [0.1, 0.15) is 5.75 Å². The second-order valence-corrected chi connectivity index (χ2v) is 9.10. The average Bonchev–Trinajstić information content (AvgIpc) is 2.88. The highest BCUT2D eigenvalue weighted by Crippen LogP contribution is 2.27. The number of hydrogen-bond donors (Lipinski definition) is 0. The third-order valence-electron chi connectivity index (χ3n) is 6.07. The van der Waals surface area contributed by atoms with Crippen LogP contribution in [0.15, 0.2) is 76.7 Å². The number of carbonyl (C=O) groups is 1. The number of hydrogen-bond acceptors (Lipinski definition) is 5. The molecule has 0 aliphatic heterocycles. The number of benzene rings is 3. The average molecular weight is 488 g/mol. The lowest BCUT2D eigenvalue weighted by atomic mass is 10.1. The molecule has 0 saturated carbocycles. The molecule has 1 heterocycles. The largest absolute Gasteiger partial charge is 0.497 e. The third kappa shape index (κ3) is 5.10. The summed E-state index contributed by atoms with van der Waals surface area (Å²) in [6, 6.07) is 20.7. The molecule has 180 valence electrons. The predicted octanol–water partition coefficient (Wildman–Crippen LogP) is 5.48. The summed E-state index contributed by atoms with van der Waals surface area (Å²) in [6.45, 7) is 7.22. The van der Waals surface area contributed by atoms with Gasteiger partial charge >= 0.3 is 0 Å². The van der Waals surface area contributed by atoms with E-state index in [0.29, 0.717) is 51.9 Å². The van der Waals surface area contributed by atoms with Crippen molar-refractivity contribution in [3.8, 4) is 11.4 Å². The Morgan fingerprint density at radius 1 is 1.03 bits per heavy atom. The molecule has 7 heteroatoms. The van der Waals surface area contributed by atoms with E-state index < -0.39 is 0 Å². The first kappa shape index (κ1) is 24.5. The summed E-state index contributed by atoms with van der Waals surface area (Å²) in [6.07, 6.45) is 0. The molecule has 6 nitrogen and oxygen atoms in total. The Kier molecular flexibility index (Phi) is 7.56. The van der Waals surface area contributed by atoms with Crippen molar-refractivity contribution in [3.05, 3.63) is 93.8 Å². The Bertz CT molecular complexity index is 1430. The van der Waals surface area contributed by atoms with Crippen LogP contribution in [0.2, 0.25) is 0 Å². The van der Waals surface area contributed by atoms with Crippen molar-refractivity contribution in [2.45, 2.75) is 31.7 Å². The van der Waals surface area contributed by atoms with Gasteiger partial charge in [0, 0.05) is 30.5 Å². The second-order valence-electron chi connectivity index (χ2n) is 8.16. The molecule has 0 atom stereocenters. The lowest BCUT2D eigenvalue weighted by molar-refractivity contribution is 0.0773. The molecule has 0 aliphatic carbocycles. The van der Waals surface area contributed by atoms with Crippen molar-refractivity contribution in [2.75, 3.05) is 20.2 Å². The van der Waals surface area contributed by atoms with Crippen LogP contribution in [0.5, 0.6) is 5.75 Å². The number of aryl methyl sites for hydroxylation is 1. The second kappa shape index (κ2) is 10.8. The fourth-order valence-corrected chi connectivity index (χ4v) is 5.07. The molecule has 1 aromatic heterocycles. The standard InChI is InChI=1S/C28H29N3O3S/c1-5-30(6-2)26(32)20-14-15-24-25(16-20)29-28(35-18-21-11-8-7-10-19(21)3)31(27(24)33)22-12-9-13-23(17-22)34-4/h7-17H,5-6,18H2,1-4H3. The van der Waals surface area contributed by atoms with E-state index in [1.807, 2.05) is 50.2 Å². The topological polar surface area (TPSA) is 64.4 Å². The molecule has 0 radical (unpaired) electrons. The molecule has 0 spiro atoms. The number of amides is 1. The quantitative estimate of drug-likeness (QED) is 0.243. The van der Waals surface area contributed by atoms with Gasteiger partial charge in [-0.05, 0) is 62.2 Å². The van der Waals surface area contributed by atoms with E-state index in [0.717, 1.165) is 0 Å². The van der Waals surface area contributed by atoms with Gasteiger partial charge in [-0.2, -0.15) is 0 Å². The van der Waals surface area contributed by atoms with Crippen LogP contribution < -0.4 is 10.3 Å². The molecular formula is C28H29N3O3S.